The Hall–Kier alpha value is -2.15. The molecule has 1 aromatic rings. The summed E-state index contributed by atoms with van der Waals surface area (Å²) in [6.45, 7) is 10.4. The summed E-state index contributed by atoms with van der Waals surface area (Å²) in [5, 5.41) is 0. The fourth-order valence-electron chi connectivity index (χ4n) is 2.08. The van der Waals surface area contributed by atoms with Gasteiger partial charge in [0.05, 0.1) is 5.56 Å². The molecule has 0 aliphatic heterocycles. The molecule has 0 fully saturated rings. The topological polar surface area (TPSA) is 43.4 Å². The molecule has 24 heavy (non-hydrogen) atoms. The second kappa shape index (κ2) is 7.61. The molecule has 130 valence electrons. The first kappa shape index (κ1) is 19.9. The van der Waals surface area contributed by atoms with Gasteiger partial charge in [-0.25, -0.2) is 9.18 Å². The Morgan fingerprint density at radius 3 is 2.21 bits per heavy atom. The van der Waals surface area contributed by atoms with Crippen molar-refractivity contribution in [2.24, 2.45) is 5.41 Å². The summed E-state index contributed by atoms with van der Waals surface area (Å²) in [7, 11) is 0. The van der Waals surface area contributed by atoms with Gasteiger partial charge in [0.15, 0.2) is 12.5 Å². The Kier molecular flexibility index (Phi) is 6.31. The van der Waals surface area contributed by atoms with Gasteiger partial charge >= 0.3 is 5.97 Å². The van der Waals surface area contributed by atoms with E-state index < -0.39 is 18.2 Å². The van der Waals surface area contributed by atoms with E-state index in [4.69, 9.17) is 4.74 Å². The third-order valence-electron chi connectivity index (χ3n) is 2.93. The molecule has 0 N–H and O–H groups in total. The average Bonchev–Trinajstić information content (AvgIpc) is 2.41. The lowest BCUT2D eigenvalue weighted by Gasteiger charge is -2.21. The van der Waals surface area contributed by atoms with Crippen LogP contribution in [0.5, 0.6) is 0 Å². The molecule has 1 aromatic carbocycles. The third kappa shape index (κ3) is 6.54. The first-order valence-electron chi connectivity index (χ1n) is 7.88. The minimum Gasteiger partial charge on any atom is -0.456 e. The number of hydrogen-bond donors (Lipinski definition) is 0. The summed E-state index contributed by atoms with van der Waals surface area (Å²) in [6, 6.07) is 4.68. The van der Waals surface area contributed by atoms with E-state index in [1.54, 1.807) is 32.9 Å². The standard InChI is InChI=1S/C20H25FO3/c1-19(2,3)13-17(22)15-10-9-14(8-7-11-21)12-16(15)18(23)24-20(4,5)6/h9-10,12H,11,13H2,1-6H3. The summed E-state index contributed by atoms with van der Waals surface area (Å²) >= 11 is 0. The maximum atomic E-state index is 12.6. The molecule has 1 rings (SSSR count). The summed E-state index contributed by atoms with van der Waals surface area (Å²) in [5.74, 6) is 4.22. The van der Waals surface area contributed by atoms with E-state index in [2.05, 4.69) is 11.8 Å². The van der Waals surface area contributed by atoms with Crippen LogP contribution in [0.25, 0.3) is 0 Å². The largest absolute Gasteiger partial charge is 0.456 e. The smallest absolute Gasteiger partial charge is 0.339 e. The van der Waals surface area contributed by atoms with E-state index in [1.807, 2.05) is 20.8 Å². The van der Waals surface area contributed by atoms with Crippen LogP contribution in [0.15, 0.2) is 18.2 Å². The number of Topliss-reactive ketones (excluding diaryl/α,β-unsaturated/α-hetero) is 1. The highest BCUT2D eigenvalue weighted by Gasteiger charge is 2.25. The molecule has 0 amide bonds. The van der Waals surface area contributed by atoms with Crippen molar-refractivity contribution in [3.63, 3.8) is 0 Å². The highest BCUT2D eigenvalue weighted by Crippen LogP contribution is 2.25. The maximum Gasteiger partial charge on any atom is 0.339 e. The lowest BCUT2D eigenvalue weighted by atomic mass is 9.86. The van der Waals surface area contributed by atoms with Crippen molar-refractivity contribution in [3.8, 4) is 11.8 Å². The van der Waals surface area contributed by atoms with Gasteiger partial charge in [0.2, 0.25) is 0 Å². The van der Waals surface area contributed by atoms with Crippen molar-refractivity contribution in [2.75, 3.05) is 6.67 Å². The number of carbonyl (C=O) groups excluding carboxylic acids is 2. The molecule has 0 atom stereocenters. The molecule has 0 radical (unpaired) electrons. The zero-order valence-corrected chi connectivity index (χ0v) is 15.2. The predicted molar refractivity (Wildman–Crippen MR) is 92.9 cm³/mol. The van der Waals surface area contributed by atoms with Crippen LogP contribution in [0.3, 0.4) is 0 Å². The van der Waals surface area contributed by atoms with E-state index in [1.165, 1.54) is 6.07 Å². The Balaban J connectivity index is 3.32. The van der Waals surface area contributed by atoms with Gasteiger partial charge in [-0.05, 0) is 44.4 Å². The molecule has 0 aliphatic rings. The van der Waals surface area contributed by atoms with Crippen molar-refractivity contribution in [2.45, 2.75) is 53.6 Å². The van der Waals surface area contributed by atoms with Crippen molar-refractivity contribution >= 4 is 11.8 Å². The fraction of sp³-hybridized carbons (Fsp3) is 0.500. The predicted octanol–water partition coefficient (Wildman–Crippen LogP) is 4.58. The Morgan fingerprint density at radius 2 is 1.71 bits per heavy atom. The number of benzene rings is 1. The van der Waals surface area contributed by atoms with Crippen LogP contribution in [0, 0.1) is 17.3 Å². The van der Waals surface area contributed by atoms with Crippen molar-refractivity contribution in [1.29, 1.82) is 0 Å². The number of ether oxygens (including phenoxy) is 1. The monoisotopic (exact) mass is 332 g/mol. The van der Waals surface area contributed by atoms with Crippen LogP contribution in [-0.2, 0) is 4.74 Å². The minimum atomic E-state index is -0.771. The molecular weight excluding hydrogens is 307 g/mol. The SMILES string of the molecule is CC(C)(C)CC(=O)c1ccc(C#CCF)cc1C(=O)OC(C)(C)C. The van der Waals surface area contributed by atoms with Gasteiger partial charge in [-0.3, -0.25) is 4.79 Å². The molecule has 3 nitrogen and oxygen atoms in total. The summed E-state index contributed by atoms with van der Waals surface area (Å²) in [5.41, 5.74) is 0.0763. The van der Waals surface area contributed by atoms with E-state index >= 15 is 0 Å². The van der Waals surface area contributed by atoms with Crippen molar-refractivity contribution in [1.82, 2.24) is 0 Å². The van der Waals surface area contributed by atoms with Crippen LogP contribution in [0.4, 0.5) is 4.39 Å². The minimum absolute atomic E-state index is 0.131. The Bertz CT molecular complexity index is 680. The number of hydrogen-bond acceptors (Lipinski definition) is 3. The zero-order chi connectivity index (χ0) is 18.5. The second-order valence-electron chi connectivity index (χ2n) is 7.86. The van der Waals surface area contributed by atoms with Gasteiger partial charge in [0.25, 0.3) is 0 Å². The number of esters is 1. The number of carbonyl (C=O) groups is 2. The van der Waals surface area contributed by atoms with Gasteiger partial charge in [-0.1, -0.05) is 32.6 Å². The van der Waals surface area contributed by atoms with Gasteiger partial charge in [0.1, 0.15) is 5.60 Å². The molecule has 0 heterocycles. The lowest BCUT2D eigenvalue weighted by molar-refractivity contribution is 0.00674. The third-order valence-corrected chi connectivity index (χ3v) is 2.93. The zero-order valence-electron chi connectivity index (χ0n) is 15.2. The molecule has 0 unspecified atom stereocenters. The van der Waals surface area contributed by atoms with Gasteiger partial charge in [-0.2, -0.15) is 0 Å². The number of alkyl halides is 1. The lowest BCUT2D eigenvalue weighted by Crippen LogP contribution is -2.25. The molecule has 0 aliphatic carbocycles. The average molecular weight is 332 g/mol. The van der Waals surface area contributed by atoms with Crippen LogP contribution < -0.4 is 0 Å². The normalized spacial score (nSPS) is 11.5. The van der Waals surface area contributed by atoms with Gasteiger partial charge in [-0.15, -0.1) is 0 Å². The number of ketones is 1. The Labute approximate surface area is 143 Å². The molecule has 0 spiro atoms. The first-order chi connectivity index (χ1) is 10.9. The van der Waals surface area contributed by atoms with Crippen LogP contribution >= 0.6 is 0 Å². The summed E-state index contributed by atoms with van der Waals surface area (Å²) in [4.78, 5) is 25.1. The van der Waals surface area contributed by atoms with Crippen molar-refractivity contribution in [3.05, 3.63) is 34.9 Å². The van der Waals surface area contributed by atoms with Gasteiger partial charge < -0.3 is 4.74 Å². The van der Waals surface area contributed by atoms with Gasteiger partial charge in [0, 0.05) is 17.5 Å². The van der Waals surface area contributed by atoms with Crippen molar-refractivity contribution < 1.29 is 18.7 Å². The van der Waals surface area contributed by atoms with E-state index in [-0.39, 0.29) is 16.8 Å². The quantitative estimate of drug-likeness (QED) is 0.462. The summed E-state index contributed by atoms with van der Waals surface area (Å²) in [6.07, 6.45) is 0.304. The number of rotatable bonds is 3. The Morgan fingerprint density at radius 1 is 1.08 bits per heavy atom. The molecule has 0 bridgehead atoms. The van der Waals surface area contributed by atoms with Crippen LogP contribution in [-0.4, -0.2) is 24.0 Å². The van der Waals surface area contributed by atoms with E-state index in [0.29, 0.717) is 17.5 Å². The summed E-state index contributed by atoms with van der Waals surface area (Å²) < 4.78 is 17.6. The highest BCUT2D eigenvalue weighted by molar-refractivity contribution is 6.06. The molecular formula is C20H25FO3. The van der Waals surface area contributed by atoms with Crippen LogP contribution in [0.1, 0.15) is 74.2 Å². The first-order valence-corrected chi connectivity index (χ1v) is 7.88. The van der Waals surface area contributed by atoms with E-state index in [0.717, 1.165) is 0 Å². The van der Waals surface area contributed by atoms with Crippen LogP contribution in [0.2, 0.25) is 0 Å². The maximum absolute atomic E-state index is 12.6. The van der Waals surface area contributed by atoms with E-state index in [9.17, 15) is 14.0 Å². The molecule has 4 heteroatoms. The second-order valence-corrected chi connectivity index (χ2v) is 7.86. The molecule has 0 aromatic heterocycles. The molecule has 0 saturated carbocycles. The fourth-order valence-corrected chi connectivity index (χ4v) is 2.08. The molecule has 0 saturated heterocycles. The number of halogens is 1. The highest BCUT2D eigenvalue weighted by atomic mass is 19.1.